The van der Waals surface area contributed by atoms with Crippen LogP contribution in [0.3, 0.4) is 0 Å². The normalized spacial score (nSPS) is 18.7. The SMILES string of the molecule is CC[C@H](C)[C@H](NC(=O)[C@H](Cc1ccc(O)cc1)N(C=O)[C@H]1COCCN1)C(=O)N[C@@H](CCC(C)(C)C)C(=O)O. The molecule has 3 amide bonds. The monoisotopic (exact) mass is 548 g/mol. The lowest BCUT2D eigenvalue weighted by atomic mass is 9.88. The Labute approximate surface area is 230 Å². The van der Waals surface area contributed by atoms with Gasteiger partial charge in [0.15, 0.2) is 0 Å². The number of nitrogens with zero attached hydrogens (tertiary/aromatic N) is 1. The highest BCUT2D eigenvalue weighted by Crippen LogP contribution is 2.22. The molecule has 0 spiro atoms. The third-order valence-electron chi connectivity index (χ3n) is 7.00. The Morgan fingerprint density at radius 1 is 1.18 bits per heavy atom. The number of aliphatic carboxylic acids is 1. The fourth-order valence-corrected chi connectivity index (χ4v) is 4.34. The Hall–Kier alpha value is -3.18. The number of aromatic hydroxyl groups is 1. The van der Waals surface area contributed by atoms with Gasteiger partial charge >= 0.3 is 5.97 Å². The molecule has 11 nitrogen and oxygen atoms in total. The van der Waals surface area contributed by atoms with Crippen LogP contribution in [0.5, 0.6) is 5.75 Å². The first-order chi connectivity index (χ1) is 18.4. The van der Waals surface area contributed by atoms with Gasteiger partial charge in [0.2, 0.25) is 18.2 Å². The number of carboxylic acid groups (broad SMARTS) is 1. The molecular weight excluding hydrogens is 504 g/mol. The summed E-state index contributed by atoms with van der Waals surface area (Å²) in [5.74, 6) is -2.50. The Balaban J connectivity index is 2.30. The number of carbonyl (C=O) groups is 4. The second-order valence-corrected chi connectivity index (χ2v) is 11.4. The van der Waals surface area contributed by atoms with E-state index in [1.165, 1.54) is 17.0 Å². The van der Waals surface area contributed by atoms with E-state index in [4.69, 9.17) is 4.74 Å². The van der Waals surface area contributed by atoms with Crippen LogP contribution in [0, 0.1) is 11.3 Å². The Morgan fingerprint density at radius 2 is 1.85 bits per heavy atom. The number of phenols is 1. The van der Waals surface area contributed by atoms with E-state index in [1.54, 1.807) is 19.1 Å². The molecule has 0 aromatic heterocycles. The van der Waals surface area contributed by atoms with Gasteiger partial charge in [0.25, 0.3) is 0 Å². The molecule has 11 heteroatoms. The van der Waals surface area contributed by atoms with Crippen molar-refractivity contribution in [2.75, 3.05) is 19.8 Å². The molecule has 5 atom stereocenters. The fourth-order valence-electron chi connectivity index (χ4n) is 4.34. The van der Waals surface area contributed by atoms with Crippen molar-refractivity contribution in [2.45, 2.75) is 84.6 Å². The maximum absolute atomic E-state index is 13.7. The minimum absolute atomic E-state index is 0.0716. The number of morpholine rings is 1. The molecule has 1 heterocycles. The van der Waals surface area contributed by atoms with Crippen LogP contribution in [-0.4, -0.2) is 83.4 Å². The number of hydrogen-bond acceptors (Lipinski definition) is 7. The molecule has 2 rings (SSSR count). The van der Waals surface area contributed by atoms with E-state index in [9.17, 15) is 29.4 Å². The summed E-state index contributed by atoms with van der Waals surface area (Å²) in [6, 6.07) is 3.21. The van der Waals surface area contributed by atoms with Crippen LogP contribution in [0.15, 0.2) is 24.3 Å². The molecule has 5 N–H and O–H groups in total. The van der Waals surface area contributed by atoms with Crippen LogP contribution in [0.25, 0.3) is 0 Å². The molecule has 1 saturated heterocycles. The van der Waals surface area contributed by atoms with Gasteiger partial charge in [0.05, 0.1) is 13.2 Å². The first kappa shape index (κ1) is 32.0. The average Bonchev–Trinajstić information content (AvgIpc) is 2.89. The molecule has 1 aromatic rings. The van der Waals surface area contributed by atoms with Crippen molar-refractivity contribution in [2.24, 2.45) is 11.3 Å². The Kier molecular flexibility index (Phi) is 12.2. The van der Waals surface area contributed by atoms with Crippen LogP contribution in [-0.2, 0) is 30.3 Å². The molecule has 39 heavy (non-hydrogen) atoms. The Bertz CT molecular complexity index is 958. The number of hydrogen-bond donors (Lipinski definition) is 5. The van der Waals surface area contributed by atoms with E-state index in [0.29, 0.717) is 38.0 Å². The van der Waals surface area contributed by atoms with Crippen LogP contribution in [0.1, 0.15) is 59.4 Å². The summed E-state index contributed by atoms with van der Waals surface area (Å²) < 4.78 is 5.50. The van der Waals surface area contributed by atoms with Gasteiger partial charge in [0, 0.05) is 13.0 Å². The van der Waals surface area contributed by atoms with E-state index in [2.05, 4.69) is 16.0 Å². The van der Waals surface area contributed by atoms with Gasteiger partial charge in [-0.15, -0.1) is 0 Å². The summed E-state index contributed by atoms with van der Waals surface area (Å²) in [5.41, 5.74) is 0.591. The predicted molar refractivity (Wildman–Crippen MR) is 146 cm³/mol. The van der Waals surface area contributed by atoms with Crippen LogP contribution in [0.4, 0.5) is 0 Å². The first-order valence-corrected chi connectivity index (χ1v) is 13.5. The van der Waals surface area contributed by atoms with Gasteiger partial charge in [0.1, 0.15) is 30.0 Å². The number of carboxylic acids is 1. The molecule has 0 unspecified atom stereocenters. The van der Waals surface area contributed by atoms with E-state index < -0.39 is 42.1 Å². The molecular formula is C28H44N4O7. The molecule has 0 aliphatic carbocycles. The van der Waals surface area contributed by atoms with Crippen LogP contribution >= 0.6 is 0 Å². The summed E-state index contributed by atoms with van der Waals surface area (Å²) >= 11 is 0. The smallest absolute Gasteiger partial charge is 0.326 e. The number of phenolic OH excluding ortho intramolecular Hbond substituents is 1. The second kappa shape index (κ2) is 14.8. The zero-order valence-electron chi connectivity index (χ0n) is 23.6. The Morgan fingerprint density at radius 3 is 2.36 bits per heavy atom. The number of nitrogens with one attached hydrogen (secondary N) is 3. The van der Waals surface area contributed by atoms with Crippen molar-refractivity contribution in [3.05, 3.63) is 29.8 Å². The third-order valence-corrected chi connectivity index (χ3v) is 7.00. The predicted octanol–water partition coefficient (Wildman–Crippen LogP) is 1.63. The molecule has 0 saturated carbocycles. The topological polar surface area (TPSA) is 157 Å². The highest BCUT2D eigenvalue weighted by atomic mass is 16.5. The maximum Gasteiger partial charge on any atom is 0.326 e. The van der Waals surface area contributed by atoms with E-state index in [0.717, 1.165) is 0 Å². The lowest BCUT2D eigenvalue weighted by molar-refractivity contribution is -0.144. The highest BCUT2D eigenvalue weighted by molar-refractivity contribution is 5.92. The van der Waals surface area contributed by atoms with Gasteiger partial charge < -0.3 is 30.5 Å². The van der Waals surface area contributed by atoms with Gasteiger partial charge in [-0.3, -0.25) is 19.7 Å². The lowest BCUT2D eigenvalue weighted by Gasteiger charge is -2.38. The lowest BCUT2D eigenvalue weighted by Crippen LogP contribution is -2.62. The van der Waals surface area contributed by atoms with Gasteiger partial charge in [-0.05, 0) is 41.9 Å². The molecule has 1 aliphatic rings. The second-order valence-electron chi connectivity index (χ2n) is 11.4. The molecule has 0 bridgehead atoms. The number of ether oxygens (including phenoxy) is 1. The summed E-state index contributed by atoms with van der Waals surface area (Å²) in [6.45, 7) is 10.8. The quantitative estimate of drug-likeness (QED) is 0.220. The zero-order valence-corrected chi connectivity index (χ0v) is 23.6. The van der Waals surface area contributed by atoms with Crippen molar-refractivity contribution < 1.29 is 34.1 Å². The standard InChI is InChI=1S/C28H44N4O7/c1-6-18(2)24(26(36)30-21(27(37)38)11-12-28(3,4)5)31-25(35)22(15-19-7-9-20(34)10-8-19)32(17-33)23-16-39-14-13-29-23/h7-10,17-18,21-24,29,34H,6,11-16H2,1-5H3,(H,30,36)(H,31,35)(H,37,38)/t18-,21-,22-,23-,24-/m0/s1. The molecule has 1 aromatic carbocycles. The van der Waals surface area contributed by atoms with Crippen molar-refractivity contribution >= 4 is 24.2 Å². The summed E-state index contributed by atoms with van der Waals surface area (Å²) in [5, 5.41) is 28.0. The summed E-state index contributed by atoms with van der Waals surface area (Å²) in [7, 11) is 0. The number of carbonyl (C=O) groups excluding carboxylic acids is 3. The number of rotatable bonds is 14. The van der Waals surface area contributed by atoms with Gasteiger partial charge in [-0.2, -0.15) is 0 Å². The summed E-state index contributed by atoms with van der Waals surface area (Å²) in [6.07, 6.45) is 1.55. The summed E-state index contributed by atoms with van der Waals surface area (Å²) in [4.78, 5) is 52.6. The fraction of sp³-hybridized carbons (Fsp3) is 0.643. The largest absolute Gasteiger partial charge is 0.508 e. The molecule has 218 valence electrons. The van der Waals surface area contributed by atoms with Crippen LogP contribution < -0.4 is 16.0 Å². The van der Waals surface area contributed by atoms with Crippen molar-refractivity contribution in [1.29, 1.82) is 0 Å². The minimum atomic E-state index is -1.14. The average molecular weight is 549 g/mol. The van der Waals surface area contributed by atoms with Crippen molar-refractivity contribution in [3.63, 3.8) is 0 Å². The van der Waals surface area contributed by atoms with E-state index in [-0.39, 0.29) is 36.5 Å². The number of benzene rings is 1. The third kappa shape index (κ3) is 10.1. The van der Waals surface area contributed by atoms with Crippen molar-refractivity contribution in [3.8, 4) is 5.75 Å². The molecule has 1 aliphatic heterocycles. The minimum Gasteiger partial charge on any atom is -0.508 e. The van der Waals surface area contributed by atoms with Gasteiger partial charge in [-0.1, -0.05) is 53.2 Å². The first-order valence-electron chi connectivity index (χ1n) is 13.5. The maximum atomic E-state index is 13.7. The zero-order chi connectivity index (χ0) is 29.2. The number of amides is 3. The molecule has 1 fully saturated rings. The van der Waals surface area contributed by atoms with Crippen molar-refractivity contribution in [1.82, 2.24) is 20.9 Å². The highest BCUT2D eigenvalue weighted by Gasteiger charge is 2.36. The van der Waals surface area contributed by atoms with E-state index in [1.807, 2.05) is 27.7 Å². The molecule has 0 radical (unpaired) electrons. The van der Waals surface area contributed by atoms with E-state index >= 15 is 0 Å². The van der Waals surface area contributed by atoms with Gasteiger partial charge in [-0.25, -0.2) is 4.79 Å². The van der Waals surface area contributed by atoms with Crippen LogP contribution in [0.2, 0.25) is 0 Å².